The maximum absolute atomic E-state index is 10.2. The maximum atomic E-state index is 10.2. The molecule has 0 bridgehead atoms. The van der Waals surface area contributed by atoms with Gasteiger partial charge in [0, 0.05) is 0 Å². The van der Waals surface area contributed by atoms with Gasteiger partial charge in [-0.15, -0.1) is 0 Å². The van der Waals surface area contributed by atoms with Gasteiger partial charge in [-0.2, -0.15) is 0 Å². The molecular formula is C19H16O10. The van der Waals surface area contributed by atoms with Crippen LogP contribution in [0.3, 0.4) is 0 Å². The van der Waals surface area contributed by atoms with Gasteiger partial charge in [0.1, 0.15) is 0 Å². The highest BCUT2D eigenvalue weighted by atomic mass is 16.4. The highest BCUT2D eigenvalue weighted by Crippen LogP contribution is 2.57. The minimum atomic E-state index is -1.14. The molecular weight excluding hydrogens is 388 g/mol. The molecule has 10 N–H and O–H groups in total. The molecule has 10 nitrogen and oxygen atoms in total. The van der Waals surface area contributed by atoms with E-state index in [9.17, 15) is 51.1 Å². The molecule has 0 saturated heterocycles. The lowest BCUT2D eigenvalue weighted by Crippen LogP contribution is -1.90. The maximum Gasteiger partial charge on any atom is 0.208 e. The number of phenolic OH excluding ortho intramolecular Hbond substituents is 10. The number of phenols is 10. The molecule has 0 spiro atoms. The second-order valence-electron chi connectivity index (χ2n) is 6.27. The van der Waals surface area contributed by atoms with Crippen molar-refractivity contribution in [3.05, 3.63) is 23.8 Å². The molecule has 0 aromatic heterocycles. The van der Waals surface area contributed by atoms with E-state index < -0.39 is 68.6 Å². The van der Waals surface area contributed by atoms with Gasteiger partial charge in [-0.25, -0.2) is 0 Å². The van der Waals surface area contributed by atoms with Gasteiger partial charge in [-0.3, -0.25) is 0 Å². The Labute approximate surface area is 162 Å². The monoisotopic (exact) mass is 404 g/mol. The molecule has 0 radical (unpaired) electrons. The Morgan fingerprint density at radius 3 is 1.21 bits per heavy atom. The fourth-order valence-electron chi connectivity index (χ4n) is 2.95. The van der Waals surface area contributed by atoms with Crippen LogP contribution in [0.1, 0.15) is 5.56 Å². The first-order valence-electron chi connectivity index (χ1n) is 7.97. The summed E-state index contributed by atoms with van der Waals surface area (Å²) in [5.41, 5.74) is -0.616. The van der Waals surface area contributed by atoms with Gasteiger partial charge in [0.15, 0.2) is 23.0 Å². The lowest BCUT2D eigenvalue weighted by atomic mass is 9.92. The van der Waals surface area contributed by atoms with Crippen molar-refractivity contribution in [2.75, 3.05) is 0 Å². The summed E-state index contributed by atoms with van der Waals surface area (Å²) in [6.07, 6.45) is 0. The first-order chi connectivity index (χ1) is 13.5. The first kappa shape index (κ1) is 19.4. The minimum Gasteiger partial charge on any atom is -0.504 e. The molecule has 10 heteroatoms. The van der Waals surface area contributed by atoms with Crippen LogP contribution in [0.15, 0.2) is 18.2 Å². The molecule has 0 atom stereocenters. The molecule has 0 amide bonds. The molecule has 29 heavy (non-hydrogen) atoms. The van der Waals surface area contributed by atoms with Crippen molar-refractivity contribution in [1.29, 1.82) is 0 Å². The number of hydrogen-bond acceptors (Lipinski definition) is 10. The van der Waals surface area contributed by atoms with E-state index in [-0.39, 0.29) is 11.1 Å². The van der Waals surface area contributed by atoms with Crippen molar-refractivity contribution in [2.45, 2.75) is 6.92 Å². The van der Waals surface area contributed by atoms with Gasteiger partial charge < -0.3 is 51.1 Å². The quantitative estimate of drug-likeness (QED) is 0.223. The molecule has 0 unspecified atom stereocenters. The Balaban J connectivity index is 2.37. The fraction of sp³-hybridized carbons (Fsp3) is 0.0526. The zero-order valence-corrected chi connectivity index (χ0v) is 14.7. The van der Waals surface area contributed by atoms with Crippen molar-refractivity contribution in [2.24, 2.45) is 0 Å². The van der Waals surface area contributed by atoms with Gasteiger partial charge in [-0.05, 0) is 29.7 Å². The minimum absolute atomic E-state index is 0.00560. The number of hydrogen-bond donors (Lipinski definition) is 10. The van der Waals surface area contributed by atoms with Gasteiger partial charge in [0.25, 0.3) is 0 Å². The molecule has 0 saturated carbocycles. The summed E-state index contributed by atoms with van der Waals surface area (Å²) >= 11 is 0. The van der Waals surface area contributed by atoms with E-state index in [1.807, 2.05) is 0 Å². The second-order valence-corrected chi connectivity index (χ2v) is 6.27. The molecule has 152 valence electrons. The van der Waals surface area contributed by atoms with E-state index in [2.05, 4.69) is 0 Å². The van der Waals surface area contributed by atoms with Gasteiger partial charge in [-0.1, -0.05) is 12.1 Å². The van der Waals surface area contributed by atoms with Crippen LogP contribution < -0.4 is 0 Å². The van der Waals surface area contributed by atoms with E-state index in [1.165, 1.54) is 25.1 Å². The number of rotatable bonds is 2. The zero-order chi connectivity index (χ0) is 21.8. The summed E-state index contributed by atoms with van der Waals surface area (Å²) in [7, 11) is 0. The van der Waals surface area contributed by atoms with E-state index in [0.717, 1.165) is 0 Å². The average molecular weight is 404 g/mol. The third-order valence-electron chi connectivity index (χ3n) is 4.54. The lowest BCUT2D eigenvalue weighted by molar-refractivity contribution is 0.330. The van der Waals surface area contributed by atoms with Crippen molar-refractivity contribution in [3.63, 3.8) is 0 Å². The van der Waals surface area contributed by atoms with Gasteiger partial charge in [0.05, 0.1) is 11.1 Å². The van der Waals surface area contributed by atoms with E-state index >= 15 is 0 Å². The second kappa shape index (κ2) is 6.37. The molecule has 3 aromatic carbocycles. The smallest absolute Gasteiger partial charge is 0.208 e. The molecule has 0 aliphatic heterocycles. The number of aromatic hydroxyl groups is 10. The summed E-state index contributed by atoms with van der Waals surface area (Å²) in [4.78, 5) is 0. The lowest BCUT2D eigenvalue weighted by Gasteiger charge is -2.17. The predicted octanol–water partition coefficient (Wildman–Crippen LogP) is 2.39. The van der Waals surface area contributed by atoms with Crippen LogP contribution in [0, 0.1) is 6.92 Å². The molecule has 0 aliphatic carbocycles. The van der Waals surface area contributed by atoms with Crippen LogP contribution in [0.5, 0.6) is 57.5 Å². The van der Waals surface area contributed by atoms with Crippen LogP contribution >= 0.6 is 0 Å². The van der Waals surface area contributed by atoms with E-state index in [1.54, 1.807) is 0 Å². The zero-order valence-electron chi connectivity index (χ0n) is 14.7. The Morgan fingerprint density at radius 1 is 0.448 bits per heavy atom. The van der Waals surface area contributed by atoms with Crippen LogP contribution in [-0.4, -0.2) is 51.1 Å². The average Bonchev–Trinajstić information content (AvgIpc) is 2.70. The molecule has 0 heterocycles. The Morgan fingerprint density at radius 2 is 0.793 bits per heavy atom. The topological polar surface area (TPSA) is 202 Å². The normalized spacial score (nSPS) is 10.9. The molecule has 0 aliphatic rings. The summed E-state index contributed by atoms with van der Waals surface area (Å²) in [5, 5.41) is 98.6. The highest BCUT2D eigenvalue weighted by Gasteiger charge is 2.27. The van der Waals surface area contributed by atoms with Crippen molar-refractivity contribution >= 4 is 0 Å². The summed E-state index contributed by atoms with van der Waals surface area (Å²) < 4.78 is 0. The van der Waals surface area contributed by atoms with Crippen LogP contribution in [-0.2, 0) is 0 Å². The van der Waals surface area contributed by atoms with Crippen molar-refractivity contribution in [3.8, 4) is 79.7 Å². The first-order valence-corrected chi connectivity index (χ1v) is 7.97. The van der Waals surface area contributed by atoms with Gasteiger partial charge in [0.2, 0.25) is 34.5 Å². The third-order valence-corrected chi connectivity index (χ3v) is 4.54. The van der Waals surface area contributed by atoms with E-state index in [0.29, 0.717) is 5.56 Å². The third kappa shape index (κ3) is 2.65. The summed E-state index contributed by atoms with van der Waals surface area (Å²) in [6, 6.07) is 3.94. The number of benzene rings is 3. The fourth-order valence-corrected chi connectivity index (χ4v) is 2.95. The molecule has 3 aromatic rings. The van der Waals surface area contributed by atoms with Crippen molar-refractivity contribution in [1.82, 2.24) is 0 Å². The Hall–Kier alpha value is -4.34. The largest absolute Gasteiger partial charge is 0.504 e. The standard InChI is InChI=1S/C19H16O10/c1-5-2-3-6(8-10(20)14(24)18(28)15(25)11(8)21)4-7(5)9-12(22)16(26)19(29)17(27)13(9)23/h2-4,20-29H,1H3. The van der Waals surface area contributed by atoms with Crippen molar-refractivity contribution < 1.29 is 51.1 Å². The molecule has 0 fully saturated rings. The number of aryl methyl sites for hydroxylation is 1. The Kier molecular flexibility index (Phi) is 4.27. The summed E-state index contributed by atoms with van der Waals surface area (Å²) in [5.74, 6) is -10.5. The van der Waals surface area contributed by atoms with Crippen LogP contribution in [0.4, 0.5) is 0 Å². The van der Waals surface area contributed by atoms with Crippen LogP contribution in [0.25, 0.3) is 22.3 Å². The van der Waals surface area contributed by atoms with Crippen LogP contribution in [0.2, 0.25) is 0 Å². The summed E-state index contributed by atoms with van der Waals surface area (Å²) in [6.45, 7) is 1.53. The predicted molar refractivity (Wildman–Crippen MR) is 98.7 cm³/mol. The Bertz CT molecular complexity index is 1110. The van der Waals surface area contributed by atoms with Gasteiger partial charge >= 0.3 is 0 Å². The highest BCUT2D eigenvalue weighted by molar-refractivity contribution is 5.91. The van der Waals surface area contributed by atoms with E-state index in [4.69, 9.17) is 0 Å². The SMILES string of the molecule is Cc1ccc(-c2c(O)c(O)c(O)c(O)c2O)cc1-c1c(O)c(O)c(O)c(O)c1O. The molecule has 3 rings (SSSR count).